The van der Waals surface area contributed by atoms with Crippen molar-refractivity contribution in [2.24, 2.45) is 12.0 Å². The van der Waals surface area contributed by atoms with Gasteiger partial charge in [0.15, 0.2) is 5.96 Å². The first-order chi connectivity index (χ1) is 9.08. The van der Waals surface area contributed by atoms with E-state index >= 15 is 0 Å². The van der Waals surface area contributed by atoms with Gasteiger partial charge in [-0.1, -0.05) is 0 Å². The molecular weight excluding hydrogens is 451 g/mol. The van der Waals surface area contributed by atoms with Crippen molar-refractivity contribution in [3.05, 3.63) is 22.4 Å². The Morgan fingerprint density at radius 1 is 1.55 bits per heavy atom. The zero-order chi connectivity index (χ0) is 14.3. The summed E-state index contributed by atoms with van der Waals surface area (Å²) in [7, 11) is 5.95. The van der Waals surface area contributed by atoms with E-state index in [9.17, 15) is 0 Å². The van der Waals surface area contributed by atoms with E-state index in [0.29, 0.717) is 0 Å². The van der Waals surface area contributed by atoms with Gasteiger partial charge < -0.3 is 14.8 Å². The molecular formula is C13H24BrIN4S. The van der Waals surface area contributed by atoms with Gasteiger partial charge in [-0.15, -0.1) is 24.0 Å². The van der Waals surface area contributed by atoms with E-state index < -0.39 is 0 Å². The minimum Gasteiger partial charge on any atom is -0.356 e. The number of nitrogens with one attached hydrogen (secondary N) is 1. The number of aliphatic imine (C=N–C) groups is 1. The maximum Gasteiger partial charge on any atom is 0.193 e. The molecule has 0 saturated carbocycles. The molecule has 0 radical (unpaired) electrons. The third-order valence-electron chi connectivity index (χ3n) is 2.86. The smallest absolute Gasteiger partial charge is 0.193 e. The van der Waals surface area contributed by atoms with Crippen molar-refractivity contribution in [3.63, 3.8) is 0 Å². The fraction of sp³-hybridized carbons (Fsp3) is 0.615. The van der Waals surface area contributed by atoms with Gasteiger partial charge in [0.05, 0.1) is 6.54 Å². The standard InChI is InChI=1S/C13H23BrN4S.HI/c1-15-13(16-6-5-7-19-4)18(3)10-12-8-11(14)9-17(12)2;/h8-9H,5-7,10H2,1-4H3,(H,15,16);1H. The Morgan fingerprint density at radius 3 is 2.75 bits per heavy atom. The van der Waals surface area contributed by atoms with Gasteiger partial charge in [-0.2, -0.15) is 11.8 Å². The normalized spacial score (nSPS) is 11.2. The van der Waals surface area contributed by atoms with E-state index in [-0.39, 0.29) is 24.0 Å². The molecule has 0 saturated heterocycles. The molecule has 1 aromatic rings. The quantitative estimate of drug-likeness (QED) is 0.297. The number of hydrogen-bond donors (Lipinski definition) is 1. The molecule has 0 amide bonds. The highest BCUT2D eigenvalue weighted by molar-refractivity contribution is 14.0. The van der Waals surface area contributed by atoms with E-state index in [2.05, 4.69) is 68.3 Å². The molecule has 1 aromatic heterocycles. The van der Waals surface area contributed by atoms with Gasteiger partial charge in [-0.3, -0.25) is 4.99 Å². The number of hydrogen-bond acceptors (Lipinski definition) is 2. The van der Waals surface area contributed by atoms with Crippen LogP contribution in [0.3, 0.4) is 0 Å². The Hall–Kier alpha value is 0.110. The fourth-order valence-electron chi connectivity index (χ4n) is 1.84. The van der Waals surface area contributed by atoms with Crippen molar-refractivity contribution in [3.8, 4) is 0 Å². The molecule has 0 aliphatic heterocycles. The monoisotopic (exact) mass is 474 g/mol. The molecule has 4 nitrogen and oxygen atoms in total. The molecule has 0 spiro atoms. The van der Waals surface area contributed by atoms with Gasteiger partial charge in [0, 0.05) is 44.1 Å². The number of rotatable bonds is 6. The summed E-state index contributed by atoms with van der Waals surface area (Å²) in [6.45, 7) is 1.80. The number of aromatic nitrogens is 1. The number of aryl methyl sites for hydroxylation is 1. The summed E-state index contributed by atoms with van der Waals surface area (Å²) in [5.74, 6) is 2.12. The lowest BCUT2D eigenvalue weighted by molar-refractivity contribution is 0.462. The maximum absolute atomic E-state index is 4.32. The molecule has 0 atom stereocenters. The van der Waals surface area contributed by atoms with Gasteiger partial charge in [0.1, 0.15) is 0 Å². The highest BCUT2D eigenvalue weighted by atomic mass is 127. The topological polar surface area (TPSA) is 32.6 Å². The fourth-order valence-corrected chi connectivity index (χ4v) is 2.85. The zero-order valence-corrected chi connectivity index (χ0v) is 17.3. The number of guanidine groups is 1. The Morgan fingerprint density at radius 2 is 2.25 bits per heavy atom. The van der Waals surface area contributed by atoms with E-state index in [1.807, 2.05) is 18.8 Å². The van der Waals surface area contributed by atoms with Crippen LogP contribution in [-0.2, 0) is 13.6 Å². The molecule has 0 aliphatic carbocycles. The van der Waals surface area contributed by atoms with Crippen molar-refractivity contribution < 1.29 is 0 Å². The number of halogens is 2. The SMILES string of the molecule is CN=C(NCCCSC)N(C)Cc1cc(Br)cn1C.I. The van der Waals surface area contributed by atoms with Crippen LogP contribution < -0.4 is 5.32 Å². The van der Waals surface area contributed by atoms with Crippen molar-refractivity contribution in [2.45, 2.75) is 13.0 Å². The minimum absolute atomic E-state index is 0. The lowest BCUT2D eigenvalue weighted by atomic mass is 10.4. The largest absolute Gasteiger partial charge is 0.356 e. The van der Waals surface area contributed by atoms with Crippen LogP contribution in [0.25, 0.3) is 0 Å². The molecule has 0 unspecified atom stereocenters. The van der Waals surface area contributed by atoms with E-state index in [4.69, 9.17) is 0 Å². The predicted octanol–water partition coefficient (Wildman–Crippen LogP) is 3.17. The average molecular weight is 475 g/mol. The molecule has 7 heteroatoms. The molecule has 1 rings (SSSR count). The highest BCUT2D eigenvalue weighted by Crippen LogP contribution is 2.14. The highest BCUT2D eigenvalue weighted by Gasteiger charge is 2.09. The van der Waals surface area contributed by atoms with Crippen LogP contribution in [0, 0.1) is 0 Å². The van der Waals surface area contributed by atoms with Gasteiger partial charge in [-0.25, -0.2) is 0 Å². The molecule has 0 fully saturated rings. The van der Waals surface area contributed by atoms with Gasteiger partial charge in [0.25, 0.3) is 0 Å². The Balaban J connectivity index is 0.00000361. The van der Waals surface area contributed by atoms with Crippen LogP contribution in [0.2, 0.25) is 0 Å². The second-order valence-corrected chi connectivity index (χ2v) is 6.34. The third kappa shape index (κ3) is 6.71. The summed E-state index contributed by atoms with van der Waals surface area (Å²) < 4.78 is 3.24. The van der Waals surface area contributed by atoms with Crippen molar-refractivity contribution in [1.82, 2.24) is 14.8 Å². The second-order valence-electron chi connectivity index (χ2n) is 4.44. The first-order valence-electron chi connectivity index (χ1n) is 6.30. The van der Waals surface area contributed by atoms with Crippen LogP contribution in [0.5, 0.6) is 0 Å². The summed E-state index contributed by atoms with van der Waals surface area (Å²) in [4.78, 5) is 6.46. The van der Waals surface area contributed by atoms with Crippen LogP contribution in [-0.4, -0.2) is 48.1 Å². The van der Waals surface area contributed by atoms with E-state index in [1.54, 1.807) is 0 Å². The summed E-state index contributed by atoms with van der Waals surface area (Å²) in [6, 6.07) is 2.14. The summed E-state index contributed by atoms with van der Waals surface area (Å²) in [6.07, 6.45) is 5.36. The molecule has 1 N–H and O–H groups in total. The molecule has 0 aromatic carbocycles. The van der Waals surface area contributed by atoms with Crippen molar-refractivity contribution >= 4 is 57.6 Å². The lowest BCUT2D eigenvalue weighted by Gasteiger charge is -2.22. The van der Waals surface area contributed by atoms with Gasteiger partial charge in [0.2, 0.25) is 0 Å². The molecule has 0 aliphatic rings. The summed E-state index contributed by atoms with van der Waals surface area (Å²) >= 11 is 5.37. The van der Waals surface area contributed by atoms with Crippen molar-refractivity contribution in [1.29, 1.82) is 0 Å². The average Bonchev–Trinajstić information content (AvgIpc) is 2.68. The second kappa shape index (κ2) is 10.8. The van der Waals surface area contributed by atoms with Gasteiger partial charge in [-0.05, 0) is 40.4 Å². The van der Waals surface area contributed by atoms with Crippen LogP contribution in [0.4, 0.5) is 0 Å². The Kier molecular flexibility index (Phi) is 10.8. The zero-order valence-electron chi connectivity index (χ0n) is 12.5. The maximum atomic E-state index is 4.32. The number of nitrogens with zero attached hydrogens (tertiary/aromatic N) is 3. The minimum atomic E-state index is 0. The molecule has 116 valence electrons. The number of thioether (sulfide) groups is 1. The van der Waals surface area contributed by atoms with Crippen LogP contribution >= 0.6 is 51.7 Å². The Labute approximate surface area is 151 Å². The molecule has 20 heavy (non-hydrogen) atoms. The van der Waals surface area contributed by atoms with Crippen molar-refractivity contribution in [2.75, 3.05) is 32.6 Å². The molecule has 1 heterocycles. The lowest BCUT2D eigenvalue weighted by Crippen LogP contribution is -2.39. The summed E-state index contributed by atoms with van der Waals surface area (Å²) in [5, 5.41) is 3.39. The van der Waals surface area contributed by atoms with E-state index in [0.717, 1.165) is 29.9 Å². The first-order valence-corrected chi connectivity index (χ1v) is 8.48. The predicted molar refractivity (Wildman–Crippen MR) is 104 cm³/mol. The van der Waals surface area contributed by atoms with Crippen LogP contribution in [0.1, 0.15) is 12.1 Å². The third-order valence-corrected chi connectivity index (χ3v) is 3.99. The molecule has 0 bridgehead atoms. The first kappa shape index (κ1) is 20.1. The van der Waals surface area contributed by atoms with Crippen LogP contribution in [0.15, 0.2) is 21.7 Å². The summed E-state index contributed by atoms with van der Waals surface area (Å²) in [5.41, 5.74) is 1.25. The van der Waals surface area contributed by atoms with Gasteiger partial charge >= 0.3 is 0 Å². The Bertz CT molecular complexity index is 423. The van der Waals surface area contributed by atoms with E-state index in [1.165, 1.54) is 11.4 Å².